The SMILES string of the molecule is CC/C=C\C/C=C\C/C=C\C/C=C\C/C=C\C/C=C\C/C=C\CCCC(=O)OC(CCCCCCCCCCCCCCCC)CCCCCCCC(=O)NCC(=O)NC(CO)C(=O)O. The minimum absolute atomic E-state index is 0.0491. The van der Waals surface area contributed by atoms with Crippen LogP contribution in [-0.4, -0.2) is 59.3 Å². The second-order valence-electron chi connectivity index (χ2n) is 17.2. The summed E-state index contributed by atoms with van der Waals surface area (Å²) in [6.07, 6.45) is 64.7. The van der Waals surface area contributed by atoms with Crippen LogP contribution in [-0.2, 0) is 23.9 Å². The zero-order chi connectivity index (χ0) is 47.5. The van der Waals surface area contributed by atoms with Crippen LogP contribution in [0, 0.1) is 0 Å². The number of carboxylic acid groups (broad SMARTS) is 1. The molecule has 370 valence electrons. The Balaban J connectivity index is 4.41. The van der Waals surface area contributed by atoms with E-state index in [-0.39, 0.29) is 30.9 Å². The Hall–Kier alpha value is -3.98. The summed E-state index contributed by atoms with van der Waals surface area (Å²) in [5.41, 5.74) is 0. The molecule has 0 bridgehead atoms. The van der Waals surface area contributed by atoms with Crippen molar-refractivity contribution in [1.29, 1.82) is 0 Å². The lowest BCUT2D eigenvalue weighted by atomic mass is 10.0. The number of hydrogen-bond acceptors (Lipinski definition) is 6. The molecule has 0 saturated heterocycles. The van der Waals surface area contributed by atoms with Crippen LogP contribution < -0.4 is 10.6 Å². The average molecular weight is 907 g/mol. The van der Waals surface area contributed by atoms with Crippen molar-refractivity contribution in [2.45, 2.75) is 231 Å². The standard InChI is InChI=1S/C56H94N2O7/c1-3-5-7-9-11-13-15-17-19-20-21-22-23-24-25-26-27-29-31-33-35-40-44-48-55(62)65-51(45-41-37-34-32-30-28-18-16-14-12-10-8-6-4-2)46-42-38-36-39-43-47-53(60)57-49-54(61)58-52(50-59)56(63)64/h5,7,11,13,17,19,21-22,24-25,27,29,33,35,51-52,59H,3-4,6,8-10,12,14-16,18,20,23,26,28,30-32,34,36-50H2,1-2H3,(H,57,60)(H,58,61)(H,63,64)/b7-5-,13-11-,19-17-,22-21-,25-24-,29-27-,35-33-. The molecule has 9 nitrogen and oxygen atoms in total. The molecule has 0 aromatic carbocycles. The van der Waals surface area contributed by atoms with Crippen LogP contribution in [0.15, 0.2) is 85.1 Å². The van der Waals surface area contributed by atoms with E-state index in [0.29, 0.717) is 12.8 Å². The van der Waals surface area contributed by atoms with E-state index >= 15 is 0 Å². The van der Waals surface area contributed by atoms with Crippen LogP contribution in [0.4, 0.5) is 0 Å². The van der Waals surface area contributed by atoms with Gasteiger partial charge in [-0.25, -0.2) is 4.79 Å². The minimum atomic E-state index is -1.39. The molecule has 2 amide bonds. The molecule has 0 aliphatic rings. The highest BCUT2D eigenvalue weighted by molar-refractivity contribution is 5.87. The van der Waals surface area contributed by atoms with Crippen molar-refractivity contribution in [1.82, 2.24) is 10.6 Å². The van der Waals surface area contributed by atoms with Crippen LogP contribution in [0.3, 0.4) is 0 Å². The van der Waals surface area contributed by atoms with E-state index in [1.54, 1.807) is 0 Å². The summed E-state index contributed by atoms with van der Waals surface area (Å²) in [6.45, 7) is 3.37. The fourth-order valence-electron chi connectivity index (χ4n) is 7.23. The molecule has 65 heavy (non-hydrogen) atoms. The Labute approximate surface area is 396 Å². The molecular formula is C56H94N2O7. The van der Waals surface area contributed by atoms with Gasteiger partial charge < -0.3 is 25.6 Å². The molecule has 2 atom stereocenters. The molecule has 0 rings (SSSR count). The van der Waals surface area contributed by atoms with Gasteiger partial charge in [-0.15, -0.1) is 0 Å². The zero-order valence-electron chi connectivity index (χ0n) is 41.2. The number of hydrogen-bond donors (Lipinski definition) is 4. The topological polar surface area (TPSA) is 142 Å². The summed E-state index contributed by atoms with van der Waals surface area (Å²) in [6, 6.07) is -1.39. The molecule has 0 fully saturated rings. The predicted molar refractivity (Wildman–Crippen MR) is 273 cm³/mol. The first kappa shape index (κ1) is 61.0. The minimum Gasteiger partial charge on any atom is -0.480 e. The van der Waals surface area contributed by atoms with Gasteiger partial charge in [0.25, 0.3) is 0 Å². The van der Waals surface area contributed by atoms with Crippen LogP contribution in [0.25, 0.3) is 0 Å². The van der Waals surface area contributed by atoms with E-state index in [4.69, 9.17) is 14.9 Å². The molecule has 0 radical (unpaired) electrons. The van der Waals surface area contributed by atoms with E-state index < -0.39 is 24.5 Å². The van der Waals surface area contributed by atoms with E-state index in [1.807, 2.05) is 0 Å². The lowest BCUT2D eigenvalue weighted by Gasteiger charge is -2.18. The molecule has 0 aromatic heterocycles. The van der Waals surface area contributed by atoms with Gasteiger partial charge in [0.15, 0.2) is 0 Å². The van der Waals surface area contributed by atoms with Crippen molar-refractivity contribution in [2.75, 3.05) is 13.2 Å². The highest BCUT2D eigenvalue weighted by Gasteiger charge is 2.19. The molecule has 0 aliphatic carbocycles. The number of carbonyl (C=O) groups is 4. The molecule has 2 unspecified atom stereocenters. The summed E-state index contributed by atoms with van der Waals surface area (Å²) in [5.74, 6) is -2.36. The monoisotopic (exact) mass is 907 g/mol. The number of ether oxygens (including phenoxy) is 1. The number of unbranched alkanes of at least 4 members (excludes halogenated alkanes) is 18. The van der Waals surface area contributed by atoms with Gasteiger partial charge in [-0.3, -0.25) is 14.4 Å². The Morgan fingerprint density at radius 1 is 0.477 bits per heavy atom. The molecule has 0 aliphatic heterocycles. The summed E-state index contributed by atoms with van der Waals surface area (Å²) in [4.78, 5) is 47.8. The van der Waals surface area contributed by atoms with Crippen molar-refractivity contribution < 1.29 is 34.1 Å². The maximum absolute atomic E-state index is 12.9. The lowest BCUT2D eigenvalue weighted by Crippen LogP contribution is -2.47. The Morgan fingerprint density at radius 2 is 0.877 bits per heavy atom. The number of aliphatic carboxylic acids is 1. The maximum Gasteiger partial charge on any atom is 0.328 e. The number of allylic oxidation sites excluding steroid dienone is 14. The fourth-order valence-corrected chi connectivity index (χ4v) is 7.23. The third kappa shape index (κ3) is 46.4. The summed E-state index contributed by atoms with van der Waals surface area (Å²) in [5, 5.41) is 22.6. The quantitative estimate of drug-likeness (QED) is 0.0271. The summed E-state index contributed by atoms with van der Waals surface area (Å²) in [7, 11) is 0. The first-order chi connectivity index (χ1) is 31.8. The molecule has 0 aromatic rings. The second-order valence-corrected chi connectivity index (χ2v) is 17.2. The first-order valence-corrected chi connectivity index (χ1v) is 26.0. The number of carboxylic acids is 1. The number of aliphatic hydroxyl groups excluding tert-OH is 1. The Kier molecular flexibility index (Phi) is 46.4. The van der Waals surface area contributed by atoms with Gasteiger partial charge in [0.1, 0.15) is 12.1 Å². The molecule has 0 saturated carbocycles. The normalized spacial score (nSPS) is 13.2. The number of rotatable bonds is 46. The lowest BCUT2D eigenvalue weighted by molar-refractivity contribution is -0.150. The third-order valence-electron chi connectivity index (χ3n) is 11.2. The van der Waals surface area contributed by atoms with Gasteiger partial charge in [0, 0.05) is 12.8 Å². The third-order valence-corrected chi connectivity index (χ3v) is 11.2. The van der Waals surface area contributed by atoms with E-state index in [1.165, 1.54) is 83.5 Å². The highest BCUT2D eigenvalue weighted by atomic mass is 16.5. The molecule has 4 N–H and O–H groups in total. The van der Waals surface area contributed by atoms with Crippen molar-refractivity contribution in [3.05, 3.63) is 85.1 Å². The first-order valence-electron chi connectivity index (χ1n) is 26.0. The average Bonchev–Trinajstić information content (AvgIpc) is 3.29. The van der Waals surface area contributed by atoms with E-state index in [9.17, 15) is 19.2 Å². The smallest absolute Gasteiger partial charge is 0.328 e. The fraction of sp³-hybridized carbons (Fsp3) is 0.679. The van der Waals surface area contributed by atoms with Crippen LogP contribution >= 0.6 is 0 Å². The summed E-state index contributed by atoms with van der Waals surface area (Å²) >= 11 is 0. The Bertz CT molecular complexity index is 1360. The van der Waals surface area contributed by atoms with Gasteiger partial charge in [0.2, 0.25) is 11.8 Å². The van der Waals surface area contributed by atoms with Crippen molar-refractivity contribution >= 4 is 23.8 Å². The van der Waals surface area contributed by atoms with Gasteiger partial charge >= 0.3 is 11.9 Å². The molecular weight excluding hydrogens is 813 g/mol. The van der Waals surface area contributed by atoms with Crippen LogP contribution in [0.2, 0.25) is 0 Å². The second kappa shape index (κ2) is 49.5. The number of aliphatic hydroxyl groups is 1. The predicted octanol–water partition coefficient (Wildman–Crippen LogP) is 14.0. The molecule has 9 heteroatoms. The van der Waals surface area contributed by atoms with Crippen molar-refractivity contribution in [2.24, 2.45) is 0 Å². The number of esters is 1. The van der Waals surface area contributed by atoms with Gasteiger partial charge in [-0.05, 0) is 89.9 Å². The number of nitrogens with one attached hydrogen (secondary N) is 2. The maximum atomic E-state index is 12.9. The van der Waals surface area contributed by atoms with Gasteiger partial charge in [-0.1, -0.05) is 202 Å². The molecule has 0 spiro atoms. The zero-order valence-corrected chi connectivity index (χ0v) is 41.2. The number of carbonyl (C=O) groups excluding carboxylic acids is 3. The highest BCUT2D eigenvalue weighted by Crippen LogP contribution is 2.19. The largest absolute Gasteiger partial charge is 0.480 e. The van der Waals surface area contributed by atoms with E-state index in [0.717, 1.165) is 103 Å². The van der Waals surface area contributed by atoms with Gasteiger partial charge in [-0.2, -0.15) is 0 Å². The van der Waals surface area contributed by atoms with Crippen molar-refractivity contribution in [3.63, 3.8) is 0 Å². The van der Waals surface area contributed by atoms with Crippen LogP contribution in [0.5, 0.6) is 0 Å². The van der Waals surface area contributed by atoms with Crippen molar-refractivity contribution in [3.8, 4) is 0 Å². The Morgan fingerprint density at radius 3 is 1.29 bits per heavy atom. The van der Waals surface area contributed by atoms with Crippen LogP contribution in [0.1, 0.15) is 219 Å². The van der Waals surface area contributed by atoms with E-state index in [2.05, 4.69) is 110 Å². The summed E-state index contributed by atoms with van der Waals surface area (Å²) < 4.78 is 6.04. The van der Waals surface area contributed by atoms with Gasteiger partial charge in [0.05, 0.1) is 13.2 Å². The number of amides is 2. The molecule has 0 heterocycles.